The Labute approximate surface area is 129 Å². The van der Waals surface area contributed by atoms with Gasteiger partial charge in [-0.25, -0.2) is 0 Å². The molecule has 0 spiro atoms. The van der Waals surface area contributed by atoms with E-state index < -0.39 is 0 Å². The summed E-state index contributed by atoms with van der Waals surface area (Å²) in [6.07, 6.45) is 4.15. The summed E-state index contributed by atoms with van der Waals surface area (Å²) >= 11 is 3.42. The topological polar surface area (TPSA) is 20.2 Å². The van der Waals surface area contributed by atoms with E-state index in [1.165, 1.54) is 16.0 Å². The second-order valence-corrected chi connectivity index (χ2v) is 6.23. The maximum Gasteiger partial charge on any atom is 0.0740 e. The van der Waals surface area contributed by atoms with E-state index in [4.69, 9.17) is 0 Å². The predicted octanol–water partition coefficient (Wildman–Crippen LogP) is 4.68. The number of rotatable bonds is 6. The third kappa shape index (κ3) is 4.44. The van der Waals surface area contributed by atoms with Crippen LogP contribution in [0.1, 0.15) is 11.1 Å². The van der Waals surface area contributed by atoms with Crippen LogP contribution in [-0.4, -0.2) is 18.0 Å². The standard InChI is InChI=1S/C17H18OS2/c1-19-17-10-6-5-9-15(17)11-16(12-18)20-13-14-7-3-2-4-8-14/h2-11,18H,12-13H2,1H3/b16-11+. The average Bonchev–Trinajstić information content (AvgIpc) is 2.52. The summed E-state index contributed by atoms with van der Waals surface area (Å²) in [7, 11) is 0. The maximum atomic E-state index is 9.53. The van der Waals surface area contributed by atoms with Crippen LogP contribution >= 0.6 is 23.5 Å². The molecule has 104 valence electrons. The lowest BCUT2D eigenvalue weighted by molar-refractivity contribution is 0.340. The Morgan fingerprint density at radius 1 is 1.05 bits per heavy atom. The zero-order valence-electron chi connectivity index (χ0n) is 11.5. The van der Waals surface area contributed by atoms with Crippen molar-refractivity contribution in [2.75, 3.05) is 12.9 Å². The summed E-state index contributed by atoms with van der Waals surface area (Å²) in [5, 5.41) is 9.53. The van der Waals surface area contributed by atoms with Gasteiger partial charge in [-0.05, 0) is 29.5 Å². The quantitative estimate of drug-likeness (QED) is 0.783. The van der Waals surface area contributed by atoms with Gasteiger partial charge in [0.2, 0.25) is 0 Å². The fraction of sp³-hybridized carbons (Fsp3) is 0.176. The van der Waals surface area contributed by atoms with Crippen LogP contribution in [0.2, 0.25) is 0 Å². The molecule has 1 N–H and O–H groups in total. The summed E-state index contributed by atoms with van der Waals surface area (Å²) in [5.74, 6) is 0.884. The molecule has 0 aliphatic rings. The second kappa shape index (κ2) is 8.20. The van der Waals surface area contributed by atoms with Gasteiger partial charge in [-0.1, -0.05) is 48.5 Å². The van der Waals surface area contributed by atoms with Crippen molar-refractivity contribution in [2.45, 2.75) is 10.6 Å². The van der Waals surface area contributed by atoms with Gasteiger partial charge in [-0.2, -0.15) is 0 Å². The molecule has 0 saturated heterocycles. The molecule has 0 fully saturated rings. The van der Waals surface area contributed by atoms with E-state index in [0.29, 0.717) is 0 Å². The summed E-state index contributed by atoms with van der Waals surface area (Å²) in [4.78, 5) is 2.23. The van der Waals surface area contributed by atoms with Crippen LogP contribution in [-0.2, 0) is 5.75 Å². The zero-order valence-corrected chi connectivity index (χ0v) is 13.1. The Kier molecular flexibility index (Phi) is 6.25. The van der Waals surface area contributed by atoms with Gasteiger partial charge >= 0.3 is 0 Å². The molecule has 0 aliphatic heterocycles. The number of hydrogen-bond donors (Lipinski definition) is 1. The number of aliphatic hydroxyl groups excluding tert-OH is 1. The van der Waals surface area contributed by atoms with E-state index >= 15 is 0 Å². The highest BCUT2D eigenvalue weighted by Crippen LogP contribution is 2.27. The van der Waals surface area contributed by atoms with Crippen LogP contribution in [0.3, 0.4) is 0 Å². The third-order valence-electron chi connectivity index (χ3n) is 2.88. The lowest BCUT2D eigenvalue weighted by Gasteiger charge is -2.07. The number of thioether (sulfide) groups is 2. The van der Waals surface area contributed by atoms with Gasteiger partial charge in [0.05, 0.1) is 6.61 Å². The smallest absolute Gasteiger partial charge is 0.0740 e. The first-order valence-corrected chi connectivity index (χ1v) is 8.65. The highest BCUT2D eigenvalue weighted by atomic mass is 32.2. The highest BCUT2D eigenvalue weighted by Gasteiger charge is 2.02. The van der Waals surface area contributed by atoms with Crippen molar-refractivity contribution >= 4 is 29.6 Å². The predicted molar refractivity (Wildman–Crippen MR) is 91.0 cm³/mol. The van der Waals surface area contributed by atoms with Gasteiger partial charge in [0.1, 0.15) is 0 Å². The molecular weight excluding hydrogens is 284 g/mol. The molecule has 0 heterocycles. The third-order valence-corrected chi connectivity index (χ3v) is 4.79. The van der Waals surface area contributed by atoms with Crippen LogP contribution in [0.4, 0.5) is 0 Å². The average molecular weight is 302 g/mol. The van der Waals surface area contributed by atoms with Crippen LogP contribution in [0.5, 0.6) is 0 Å². The molecule has 2 aromatic carbocycles. The number of hydrogen-bond acceptors (Lipinski definition) is 3. The van der Waals surface area contributed by atoms with Gasteiger partial charge in [0.25, 0.3) is 0 Å². The van der Waals surface area contributed by atoms with Crippen molar-refractivity contribution in [3.05, 3.63) is 70.6 Å². The molecule has 3 heteroatoms. The molecule has 0 saturated carbocycles. The van der Waals surface area contributed by atoms with Crippen LogP contribution < -0.4 is 0 Å². The summed E-state index contributed by atoms with van der Waals surface area (Å²) in [5.41, 5.74) is 2.44. The molecule has 0 atom stereocenters. The Balaban J connectivity index is 2.09. The molecule has 0 bridgehead atoms. The lowest BCUT2D eigenvalue weighted by Crippen LogP contribution is -1.89. The molecule has 0 aromatic heterocycles. The molecule has 20 heavy (non-hydrogen) atoms. The van der Waals surface area contributed by atoms with Crippen molar-refractivity contribution in [1.82, 2.24) is 0 Å². The van der Waals surface area contributed by atoms with Crippen LogP contribution in [0, 0.1) is 0 Å². The Hall–Kier alpha value is -1.16. The first kappa shape index (κ1) is 15.2. The van der Waals surface area contributed by atoms with Crippen molar-refractivity contribution in [2.24, 2.45) is 0 Å². The largest absolute Gasteiger partial charge is 0.391 e. The normalized spacial score (nSPS) is 11.6. The molecule has 1 nitrogen and oxygen atoms in total. The first-order valence-electron chi connectivity index (χ1n) is 6.44. The minimum absolute atomic E-state index is 0.0835. The van der Waals surface area contributed by atoms with Crippen molar-refractivity contribution in [3.8, 4) is 0 Å². The Bertz CT molecular complexity index is 564. The van der Waals surface area contributed by atoms with Gasteiger partial charge in [-0.15, -0.1) is 23.5 Å². The van der Waals surface area contributed by atoms with Gasteiger partial charge in [-0.3, -0.25) is 0 Å². The molecule has 0 aliphatic carbocycles. The first-order chi connectivity index (χ1) is 9.83. The van der Waals surface area contributed by atoms with E-state index in [9.17, 15) is 5.11 Å². The minimum Gasteiger partial charge on any atom is -0.391 e. The van der Waals surface area contributed by atoms with Crippen molar-refractivity contribution in [3.63, 3.8) is 0 Å². The summed E-state index contributed by atoms with van der Waals surface area (Å²) in [6.45, 7) is 0.0835. The molecule has 0 radical (unpaired) electrons. The van der Waals surface area contributed by atoms with Gasteiger partial charge < -0.3 is 5.11 Å². The fourth-order valence-corrected chi connectivity index (χ4v) is 3.27. The minimum atomic E-state index is 0.0835. The summed E-state index contributed by atoms with van der Waals surface area (Å²) < 4.78 is 0. The Morgan fingerprint density at radius 2 is 1.75 bits per heavy atom. The zero-order chi connectivity index (χ0) is 14.2. The Morgan fingerprint density at radius 3 is 2.45 bits per heavy atom. The fourth-order valence-electron chi connectivity index (χ4n) is 1.84. The van der Waals surface area contributed by atoms with Crippen molar-refractivity contribution in [1.29, 1.82) is 0 Å². The molecule has 0 unspecified atom stereocenters. The lowest BCUT2D eigenvalue weighted by atomic mass is 10.2. The molecular formula is C17H18OS2. The van der Waals surface area contributed by atoms with Crippen LogP contribution in [0.15, 0.2) is 64.4 Å². The second-order valence-electron chi connectivity index (χ2n) is 4.28. The van der Waals surface area contributed by atoms with E-state index in [2.05, 4.69) is 36.6 Å². The van der Waals surface area contributed by atoms with Gasteiger partial charge in [0.15, 0.2) is 0 Å². The molecule has 0 amide bonds. The van der Waals surface area contributed by atoms with E-state index in [1.54, 1.807) is 23.5 Å². The maximum absolute atomic E-state index is 9.53. The SMILES string of the molecule is CSc1ccccc1/C=C(\CO)SCc1ccccc1. The van der Waals surface area contributed by atoms with Crippen LogP contribution in [0.25, 0.3) is 6.08 Å². The monoisotopic (exact) mass is 302 g/mol. The van der Waals surface area contributed by atoms with E-state index in [-0.39, 0.29) is 6.61 Å². The van der Waals surface area contributed by atoms with E-state index in [0.717, 1.165) is 10.7 Å². The highest BCUT2D eigenvalue weighted by molar-refractivity contribution is 8.02. The number of aliphatic hydroxyl groups is 1. The summed E-state index contributed by atoms with van der Waals surface area (Å²) in [6, 6.07) is 18.6. The molecule has 2 aromatic rings. The number of benzene rings is 2. The van der Waals surface area contributed by atoms with E-state index in [1.807, 2.05) is 30.3 Å². The van der Waals surface area contributed by atoms with Crippen molar-refractivity contribution < 1.29 is 5.11 Å². The van der Waals surface area contributed by atoms with Gasteiger partial charge in [0, 0.05) is 15.6 Å². The molecule has 2 rings (SSSR count).